The van der Waals surface area contributed by atoms with Gasteiger partial charge in [0.1, 0.15) is 6.54 Å². The molecule has 5 nitrogen and oxygen atoms in total. The third kappa shape index (κ3) is 3.61. The standard InChI is InChI=1S/C13H11BrClN3O2/c14-10-3-2-9(5-11(10)15)17-12(19)7-18-6-8(16)1-4-13(18)20/h1-6H,7,16H2,(H,17,19). The minimum absolute atomic E-state index is 0.114. The fourth-order valence-electron chi connectivity index (χ4n) is 1.60. The molecule has 1 aromatic heterocycles. The SMILES string of the molecule is Nc1ccc(=O)n(CC(=O)Nc2ccc(Br)c(Cl)c2)c1. The molecule has 0 aliphatic heterocycles. The number of rotatable bonds is 3. The lowest BCUT2D eigenvalue weighted by atomic mass is 10.3. The average Bonchev–Trinajstić information content (AvgIpc) is 2.38. The number of carbonyl (C=O) groups is 1. The van der Waals surface area contributed by atoms with Crippen molar-refractivity contribution in [3.05, 3.63) is 56.4 Å². The van der Waals surface area contributed by atoms with E-state index in [0.29, 0.717) is 16.4 Å². The molecular weight excluding hydrogens is 346 g/mol. The number of nitrogens with one attached hydrogen (secondary N) is 1. The quantitative estimate of drug-likeness (QED) is 0.887. The molecule has 7 heteroatoms. The summed E-state index contributed by atoms with van der Waals surface area (Å²) < 4.78 is 1.98. The van der Waals surface area contributed by atoms with Gasteiger partial charge < -0.3 is 15.6 Å². The Labute approximate surface area is 128 Å². The highest BCUT2D eigenvalue weighted by molar-refractivity contribution is 9.10. The van der Waals surface area contributed by atoms with Crippen molar-refractivity contribution in [1.29, 1.82) is 0 Å². The highest BCUT2D eigenvalue weighted by Gasteiger charge is 2.06. The van der Waals surface area contributed by atoms with E-state index >= 15 is 0 Å². The minimum Gasteiger partial charge on any atom is -0.398 e. The zero-order valence-electron chi connectivity index (χ0n) is 10.3. The number of nitrogens with two attached hydrogens (primary N) is 1. The molecule has 2 aromatic rings. The second kappa shape index (κ2) is 6.11. The van der Waals surface area contributed by atoms with Gasteiger partial charge in [0.25, 0.3) is 5.56 Å². The smallest absolute Gasteiger partial charge is 0.251 e. The van der Waals surface area contributed by atoms with Crippen molar-refractivity contribution >= 4 is 44.8 Å². The van der Waals surface area contributed by atoms with Gasteiger partial charge in [-0.3, -0.25) is 9.59 Å². The summed E-state index contributed by atoms with van der Waals surface area (Å²) in [5.41, 5.74) is 6.27. The van der Waals surface area contributed by atoms with Crippen molar-refractivity contribution in [3.8, 4) is 0 Å². The van der Waals surface area contributed by atoms with Crippen molar-refractivity contribution in [2.75, 3.05) is 11.1 Å². The molecule has 1 amide bonds. The molecule has 0 bridgehead atoms. The van der Waals surface area contributed by atoms with Crippen LogP contribution >= 0.6 is 27.5 Å². The van der Waals surface area contributed by atoms with Crippen LogP contribution in [0.3, 0.4) is 0 Å². The Hall–Kier alpha value is -1.79. The van der Waals surface area contributed by atoms with Crippen LogP contribution < -0.4 is 16.6 Å². The van der Waals surface area contributed by atoms with Crippen LogP contribution in [-0.4, -0.2) is 10.5 Å². The molecule has 0 aliphatic rings. The maximum atomic E-state index is 11.9. The summed E-state index contributed by atoms with van der Waals surface area (Å²) in [7, 11) is 0. The van der Waals surface area contributed by atoms with Crippen molar-refractivity contribution in [2.24, 2.45) is 0 Å². The van der Waals surface area contributed by atoms with E-state index in [1.165, 1.54) is 22.9 Å². The van der Waals surface area contributed by atoms with Crippen LogP contribution in [0.5, 0.6) is 0 Å². The monoisotopic (exact) mass is 355 g/mol. The minimum atomic E-state index is -0.337. The lowest BCUT2D eigenvalue weighted by molar-refractivity contribution is -0.116. The number of pyridine rings is 1. The van der Waals surface area contributed by atoms with E-state index in [1.807, 2.05) is 0 Å². The first kappa shape index (κ1) is 14.6. The Morgan fingerprint density at radius 1 is 1.35 bits per heavy atom. The topological polar surface area (TPSA) is 77.1 Å². The molecular formula is C13H11BrClN3O2. The highest BCUT2D eigenvalue weighted by atomic mass is 79.9. The van der Waals surface area contributed by atoms with Gasteiger partial charge in [0, 0.05) is 28.1 Å². The van der Waals surface area contributed by atoms with Crippen molar-refractivity contribution in [3.63, 3.8) is 0 Å². The molecule has 20 heavy (non-hydrogen) atoms. The number of hydrogen-bond acceptors (Lipinski definition) is 3. The Balaban J connectivity index is 2.11. The number of anilines is 2. The maximum absolute atomic E-state index is 11.9. The summed E-state index contributed by atoms with van der Waals surface area (Å²) >= 11 is 9.20. The molecule has 0 unspecified atom stereocenters. The molecule has 104 valence electrons. The second-order valence-electron chi connectivity index (χ2n) is 4.11. The number of halogens is 2. The van der Waals surface area contributed by atoms with Crippen LogP contribution in [0.2, 0.25) is 5.02 Å². The average molecular weight is 357 g/mol. The van der Waals surface area contributed by atoms with E-state index in [2.05, 4.69) is 21.2 Å². The fourth-order valence-corrected chi connectivity index (χ4v) is 2.03. The summed E-state index contributed by atoms with van der Waals surface area (Å²) in [5.74, 6) is -0.337. The number of amides is 1. The number of nitrogen functional groups attached to an aromatic ring is 1. The lowest BCUT2D eigenvalue weighted by Crippen LogP contribution is -2.27. The Morgan fingerprint density at radius 3 is 2.80 bits per heavy atom. The molecule has 3 N–H and O–H groups in total. The molecule has 0 fully saturated rings. The largest absolute Gasteiger partial charge is 0.398 e. The number of benzene rings is 1. The van der Waals surface area contributed by atoms with E-state index in [1.54, 1.807) is 18.2 Å². The first-order chi connectivity index (χ1) is 9.45. The van der Waals surface area contributed by atoms with Crippen LogP contribution in [-0.2, 0) is 11.3 Å². The van der Waals surface area contributed by atoms with Gasteiger partial charge >= 0.3 is 0 Å². The van der Waals surface area contributed by atoms with Crippen molar-refractivity contribution in [1.82, 2.24) is 4.57 Å². The molecule has 0 atom stereocenters. The summed E-state index contributed by atoms with van der Waals surface area (Å²) in [4.78, 5) is 23.4. The second-order valence-corrected chi connectivity index (χ2v) is 5.37. The van der Waals surface area contributed by atoms with Gasteiger partial charge in [-0.25, -0.2) is 0 Å². The number of aromatic nitrogens is 1. The molecule has 0 saturated carbocycles. The maximum Gasteiger partial charge on any atom is 0.251 e. The summed E-state index contributed by atoms with van der Waals surface area (Å²) in [6, 6.07) is 7.86. The third-order valence-electron chi connectivity index (χ3n) is 2.52. The van der Waals surface area contributed by atoms with Crippen LogP contribution in [0.15, 0.2) is 45.8 Å². The van der Waals surface area contributed by atoms with Crippen LogP contribution in [0.4, 0.5) is 11.4 Å². The number of nitrogens with zero attached hydrogens (tertiary/aromatic N) is 1. The third-order valence-corrected chi connectivity index (χ3v) is 3.76. The van der Waals surface area contributed by atoms with Gasteiger partial charge in [-0.2, -0.15) is 0 Å². The van der Waals surface area contributed by atoms with Crippen LogP contribution in [0.1, 0.15) is 0 Å². The highest BCUT2D eigenvalue weighted by Crippen LogP contribution is 2.25. The normalized spacial score (nSPS) is 10.3. The van der Waals surface area contributed by atoms with Crippen LogP contribution in [0.25, 0.3) is 0 Å². The van der Waals surface area contributed by atoms with Crippen molar-refractivity contribution < 1.29 is 4.79 Å². The summed E-state index contributed by atoms with van der Waals surface area (Å²) in [6.07, 6.45) is 1.43. The van der Waals surface area contributed by atoms with E-state index < -0.39 is 0 Å². The fraction of sp³-hybridized carbons (Fsp3) is 0.0769. The van der Waals surface area contributed by atoms with Gasteiger partial charge in [-0.05, 0) is 40.2 Å². The zero-order chi connectivity index (χ0) is 14.7. The van der Waals surface area contributed by atoms with E-state index in [-0.39, 0.29) is 18.0 Å². The molecule has 0 saturated heterocycles. The number of hydrogen-bond donors (Lipinski definition) is 2. The first-order valence-electron chi connectivity index (χ1n) is 5.66. The Morgan fingerprint density at radius 2 is 2.10 bits per heavy atom. The van der Waals surface area contributed by atoms with Crippen LogP contribution in [0, 0.1) is 0 Å². The summed E-state index contributed by atoms with van der Waals surface area (Å²) in [5, 5.41) is 3.15. The first-order valence-corrected chi connectivity index (χ1v) is 6.83. The molecule has 1 heterocycles. The molecule has 1 aromatic carbocycles. The van der Waals surface area contributed by atoms with E-state index in [0.717, 1.165) is 4.47 Å². The molecule has 0 radical (unpaired) electrons. The Kier molecular flexibility index (Phi) is 4.46. The van der Waals surface area contributed by atoms with Gasteiger partial charge in [-0.15, -0.1) is 0 Å². The number of carbonyl (C=O) groups excluding carboxylic acids is 1. The predicted molar refractivity (Wildman–Crippen MR) is 82.9 cm³/mol. The zero-order valence-corrected chi connectivity index (χ0v) is 12.6. The predicted octanol–water partition coefficient (Wildman–Crippen LogP) is 2.49. The Bertz CT molecular complexity index is 715. The van der Waals surface area contributed by atoms with E-state index in [9.17, 15) is 9.59 Å². The molecule has 0 aliphatic carbocycles. The van der Waals surface area contributed by atoms with Gasteiger partial charge in [0.05, 0.1) is 5.02 Å². The van der Waals surface area contributed by atoms with E-state index in [4.69, 9.17) is 17.3 Å². The van der Waals surface area contributed by atoms with Gasteiger partial charge in [0.2, 0.25) is 5.91 Å². The van der Waals surface area contributed by atoms with Gasteiger partial charge in [0.15, 0.2) is 0 Å². The van der Waals surface area contributed by atoms with Gasteiger partial charge in [-0.1, -0.05) is 11.6 Å². The van der Waals surface area contributed by atoms with Crippen molar-refractivity contribution in [2.45, 2.75) is 6.54 Å². The lowest BCUT2D eigenvalue weighted by Gasteiger charge is -2.08. The summed E-state index contributed by atoms with van der Waals surface area (Å²) in [6.45, 7) is -0.114. The molecule has 0 spiro atoms. The molecule has 2 rings (SSSR count).